The van der Waals surface area contributed by atoms with Gasteiger partial charge in [0.05, 0.1) is 23.0 Å². The lowest BCUT2D eigenvalue weighted by molar-refractivity contribution is -0.146. The summed E-state index contributed by atoms with van der Waals surface area (Å²) in [5, 5.41) is 16.9. The lowest BCUT2D eigenvalue weighted by Gasteiger charge is -2.16. The van der Waals surface area contributed by atoms with Crippen molar-refractivity contribution in [3.8, 4) is 5.69 Å². The van der Waals surface area contributed by atoms with Crippen molar-refractivity contribution in [2.45, 2.75) is 20.3 Å². The molecule has 0 amide bonds. The fourth-order valence-electron chi connectivity index (χ4n) is 1.63. The number of hydrogen-bond donors (Lipinski definition) is 1. The summed E-state index contributed by atoms with van der Waals surface area (Å²) in [5.41, 5.74) is 0.355. The quantitative estimate of drug-likeness (QED) is 0.916. The standard InChI is InChI=1S/C13H14FN3O2/c1-13(2,12(18)19)7-10-8-17(16-15-10)11-5-3-9(14)4-6-11/h3-6,8H,7H2,1-2H3,(H,18,19). The highest BCUT2D eigenvalue weighted by Gasteiger charge is 2.28. The topological polar surface area (TPSA) is 68.0 Å². The Morgan fingerprint density at radius 2 is 2.00 bits per heavy atom. The SMILES string of the molecule is CC(C)(Cc1cn(-c2ccc(F)cc2)nn1)C(=O)O. The first kappa shape index (κ1) is 13.2. The first-order valence-corrected chi connectivity index (χ1v) is 5.79. The molecule has 0 atom stereocenters. The normalized spacial score (nSPS) is 11.5. The Balaban J connectivity index is 2.20. The maximum atomic E-state index is 12.8. The number of aliphatic carboxylic acids is 1. The summed E-state index contributed by atoms with van der Waals surface area (Å²) in [6, 6.07) is 5.82. The van der Waals surface area contributed by atoms with Crippen molar-refractivity contribution < 1.29 is 14.3 Å². The molecule has 5 nitrogen and oxygen atoms in total. The summed E-state index contributed by atoms with van der Waals surface area (Å²) in [6.45, 7) is 3.26. The largest absolute Gasteiger partial charge is 0.481 e. The van der Waals surface area contributed by atoms with Gasteiger partial charge >= 0.3 is 5.97 Å². The van der Waals surface area contributed by atoms with Crippen molar-refractivity contribution >= 4 is 5.97 Å². The van der Waals surface area contributed by atoms with Crippen molar-refractivity contribution in [1.82, 2.24) is 15.0 Å². The number of nitrogens with zero attached hydrogens (tertiary/aromatic N) is 3. The van der Waals surface area contributed by atoms with Gasteiger partial charge in [-0.25, -0.2) is 9.07 Å². The van der Waals surface area contributed by atoms with Gasteiger partial charge in [-0.3, -0.25) is 4.79 Å². The molecule has 1 N–H and O–H groups in total. The van der Waals surface area contributed by atoms with Gasteiger partial charge in [-0.2, -0.15) is 0 Å². The molecule has 0 aliphatic carbocycles. The second kappa shape index (κ2) is 4.79. The van der Waals surface area contributed by atoms with Crippen molar-refractivity contribution in [2.75, 3.05) is 0 Å². The number of carboxylic acid groups (broad SMARTS) is 1. The Bertz CT molecular complexity index is 590. The summed E-state index contributed by atoms with van der Waals surface area (Å²) in [4.78, 5) is 11.0. The van der Waals surface area contributed by atoms with Crippen molar-refractivity contribution in [2.24, 2.45) is 5.41 Å². The van der Waals surface area contributed by atoms with Crippen LogP contribution in [0.1, 0.15) is 19.5 Å². The van der Waals surface area contributed by atoms with Gasteiger partial charge in [0.25, 0.3) is 0 Å². The van der Waals surface area contributed by atoms with Crippen LogP contribution >= 0.6 is 0 Å². The Morgan fingerprint density at radius 3 is 2.58 bits per heavy atom. The third-order valence-electron chi connectivity index (χ3n) is 2.83. The minimum Gasteiger partial charge on any atom is -0.481 e. The maximum Gasteiger partial charge on any atom is 0.309 e. The van der Waals surface area contributed by atoms with E-state index >= 15 is 0 Å². The molecule has 0 radical (unpaired) electrons. The number of carbonyl (C=O) groups is 1. The summed E-state index contributed by atoms with van der Waals surface area (Å²) >= 11 is 0. The zero-order valence-electron chi connectivity index (χ0n) is 10.7. The highest BCUT2D eigenvalue weighted by molar-refractivity contribution is 5.73. The molecule has 100 valence electrons. The molecule has 2 rings (SSSR count). The van der Waals surface area contributed by atoms with E-state index in [0.717, 1.165) is 0 Å². The average molecular weight is 263 g/mol. The predicted molar refractivity (Wildman–Crippen MR) is 66.4 cm³/mol. The number of carboxylic acids is 1. The zero-order valence-corrected chi connectivity index (χ0v) is 10.7. The second-order valence-electron chi connectivity index (χ2n) is 5.00. The Labute approximate surface area is 109 Å². The molecule has 0 saturated carbocycles. The Hall–Kier alpha value is -2.24. The van der Waals surface area contributed by atoms with Crippen LogP contribution in [-0.4, -0.2) is 26.1 Å². The van der Waals surface area contributed by atoms with Gasteiger partial charge in [-0.05, 0) is 38.1 Å². The summed E-state index contributed by atoms with van der Waals surface area (Å²) in [7, 11) is 0. The number of benzene rings is 1. The molecule has 0 fully saturated rings. The monoisotopic (exact) mass is 263 g/mol. The van der Waals surface area contributed by atoms with E-state index in [1.165, 1.54) is 16.8 Å². The van der Waals surface area contributed by atoms with Crippen molar-refractivity contribution in [3.05, 3.63) is 42.0 Å². The van der Waals surface area contributed by atoms with Crippen LogP contribution in [-0.2, 0) is 11.2 Å². The van der Waals surface area contributed by atoms with Gasteiger partial charge < -0.3 is 5.11 Å². The molecule has 1 aromatic heterocycles. The first-order chi connectivity index (χ1) is 8.88. The molecule has 1 aromatic carbocycles. The second-order valence-corrected chi connectivity index (χ2v) is 5.00. The number of aromatic nitrogens is 3. The fraction of sp³-hybridized carbons (Fsp3) is 0.308. The Kier molecular flexibility index (Phi) is 3.33. The van der Waals surface area contributed by atoms with Crippen LogP contribution in [0.4, 0.5) is 4.39 Å². The number of rotatable bonds is 4. The maximum absolute atomic E-state index is 12.8. The molecule has 0 aliphatic heterocycles. The minimum atomic E-state index is -0.899. The van der Waals surface area contributed by atoms with Crippen LogP contribution in [0.3, 0.4) is 0 Å². The lowest BCUT2D eigenvalue weighted by Crippen LogP contribution is -2.26. The summed E-state index contributed by atoms with van der Waals surface area (Å²) < 4.78 is 14.3. The van der Waals surface area contributed by atoms with Crippen LogP contribution in [0.2, 0.25) is 0 Å². The van der Waals surface area contributed by atoms with Gasteiger partial charge in [0.1, 0.15) is 5.82 Å². The molecular weight excluding hydrogens is 249 g/mol. The molecule has 0 spiro atoms. The fourth-order valence-corrected chi connectivity index (χ4v) is 1.63. The molecule has 0 saturated heterocycles. The van der Waals surface area contributed by atoms with Crippen LogP contribution in [0.25, 0.3) is 5.69 Å². The molecule has 6 heteroatoms. The summed E-state index contributed by atoms with van der Waals surface area (Å²) in [6.07, 6.45) is 1.93. The lowest BCUT2D eigenvalue weighted by atomic mass is 9.88. The average Bonchev–Trinajstić information content (AvgIpc) is 2.77. The van der Waals surface area contributed by atoms with Gasteiger partial charge in [0.2, 0.25) is 0 Å². The highest BCUT2D eigenvalue weighted by Crippen LogP contribution is 2.21. The van der Waals surface area contributed by atoms with Gasteiger partial charge in [0.15, 0.2) is 0 Å². The summed E-state index contributed by atoms with van der Waals surface area (Å²) in [5.74, 6) is -1.21. The third kappa shape index (κ3) is 2.96. The smallest absolute Gasteiger partial charge is 0.309 e. The van der Waals surface area contributed by atoms with Crippen LogP contribution in [0.15, 0.2) is 30.5 Å². The van der Waals surface area contributed by atoms with E-state index in [1.807, 2.05) is 0 Å². The van der Waals surface area contributed by atoms with Crippen LogP contribution in [0, 0.1) is 11.2 Å². The predicted octanol–water partition coefficient (Wildman–Crippen LogP) is 2.06. The van der Waals surface area contributed by atoms with E-state index in [-0.39, 0.29) is 12.2 Å². The van der Waals surface area contributed by atoms with E-state index in [1.54, 1.807) is 32.2 Å². The molecule has 0 unspecified atom stereocenters. The first-order valence-electron chi connectivity index (χ1n) is 5.79. The number of hydrogen-bond acceptors (Lipinski definition) is 3. The molecular formula is C13H14FN3O2. The van der Waals surface area contributed by atoms with E-state index in [4.69, 9.17) is 5.11 Å². The zero-order chi connectivity index (χ0) is 14.0. The van der Waals surface area contributed by atoms with E-state index < -0.39 is 11.4 Å². The van der Waals surface area contributed by atoms with Gasteiger partial charge in [0, 0.05) is 6.42 Å². The van der Waals surface area contributed by atoms with Crippen molar-refractivity contribution in [3.63, 3.8) is 0 Å². The third-order valence-corrected chi connectivity index (χ3v) is 2.83. The molecule has 1 heterocycles. The molecule has 19 heavy (non-hydrogen) atoms. The minimum absolute atomic E-state index is 0.281. The Morgan fingerprint density at radius 1 is 1.37 bits per heavy atom. The van der Waals surface area contributed by atoms with E-state index in [2.05, 4.69) is 10.3 Å². The molecule has 0 aliphatic rings. The van der Waals surface area contributed by atoms with E-state index in [9.17, 15) is 9.18 Å². The van der Waals surface area contributed by atoms with E-state index in [0.29, 0.717) is 11.4 Å². The van der Waals surface area contributed by atoms with Crippen LogP contribution in [0.5, 0.6) is 0 Å². The number of halogens is 1. The van der Waals surface area contributed by atoms with Crippen LogP contribution < -0.4 is 0 Å². The highest BCUT2D eigenvalue weighted by atomic mass is 19.1. The molecule has 0 bridgehead atoms. The van der Waals surface area contributed by atoms with Gasteiger partial charge in [-0.1, -0.05) is 5.21 Å². The van der Waals surface area contributed by atoms with Crippen molar-refractivity contribution in [1.29, 1.82) is 0 Å². The molecule has 2 aromatic rings. The van der Waals surface area contributed by atoms with Gasteiger partial charge in [-0.15, -0.1) is 5.10 Å².